The van der Waals surface area contributed by atoms with Crippen molar-refractivity contribution in [3.63, 3.8) is 0 Å². The summed E-state index contributed by atoms with van der Waals surface area (Å²) >= 11 is 0. The molecule has 2 fully saturated rings. The van der Waals surface area contributed by atoms with Crippen molar-refractivity contribution in [2.24, 2.45) is 23.2 Å². The van der Waals surface area contributed by atoms with Crippen molar-refractivity contribution in [1.82, 2.24) is 0 Å². The molecule has 3 aliphatic carbocycles. The standard InChI is InChI=1S/C27H31FO2/c1-15(2)23-22(30)14-27(3)13-21(28)24-19-10-9-18(29)11-17(19)12-20(25(24)26(23)27)16-7-5-4-6-8-16/h4-11,20-26,29-30H,1,12-14H2,2-3H3/t20-,21-,22-,23+,24-,25+,26-,27+/m0/s1. The van der Waals surface area contributed by atoms with E-state index < -0.39 is 12.3 Å². The number of alkyl halides is 1. The van der Waals surface area contributed by atoms with Gasteiger partial charge in [0.25, 0.3) is 0 Å². The second kappa shape index (κ2) is 6.95. The number of fused-ring (bicyclic) bond motifs is 5. The van der Waals surface area contributed by atoms with E-state index in [1.54, 1.807) is 6.07 Å². The third kappa shape index (κ3) is 2.85. The molecule has 0 saturated heterocycles. The Labute approximate surface area is 178 Å². The van der Waals surface area contributed by atoms with E-state index in [9.17, 15) is 10.2 Å². The lowest BCUT2D eigenvalue weighted by molar-refractivity contribution is -0.0206. The van der Waals surface area contributed by atoms with Gasteiger partial charge in [0.1, 0.15) is 11.9 Å². The molecule has 0 heterocycles. The number of aromatic hydroxyl groups is 1. The van der Waals surface area contributed by atoms with Gasteiger partial charge < -0.3 is 10.2 Å². The fourth-order valence-corrected chi connectivity index (χ4v) is 7.42. The van der Waals surface area contributed by atoms with Gasteiger partial charge in [-0.25, -0.2) is 4.39 Å². The molecule has 0 radical (unpaired) electrons. The largest absolute Gasteiger partial charge is 0.508 e. The first-order valence-electron chi connectivity index (χ1n) is 11.1. The summed E-state index contributed by atoms with van der Waals surface area (Å²) in [5.41, 5.74) is 4.10. The topological polar surface area (TPSA) is 40.5 Å². The Morgan fingerprint density at radius 2 is 1.87 bits per heavy atom. The highest BCUT2D eigenvalue weighted by Crippen LogP contribution is 2.66. The summed E-state index contributed by atoms with van der Waals surface area (Å²) in [7, 11) is 0. The van der Waals surface area contributed by atoms with E-state index >= 15 is 4.39 Å². The van der Waals surface area contributed by atoms with E-state index in [0.717, 1.165) is 23.1 Å². The molecule has 0 bridgehead atoms. The SMILES string of the molecule is C=C(C)[C@H]1[C@H]2[C@H]3[C@@H](c4ccc(O)cc4C[C@H]3c3ccccc3)[C@@H](F)C[C@]2(C)C[C@@H]1O. The van der Waals surface area contributed by atoms with Crippen LogP contribution in [0.2, 0.25) is 0 Å². The Kier molecular flexibility index (Phi) is 4.59. The Bertz CT molecular complexity index is 970. The highest BCUT2D eigenvalue weighted by Gasteiger charge is 2.62. The van der Waals surface area contributed by atoms with Crippen molar-refractivity contribution in [1.29, 1.82) is 0 Å². The smallest absolute Gasteiger partial charge is 0.115 e. The minimum atomic E-state index is -0.956. The highest BCUT2D eigenvalue weighted by atomic mass is 19.1. The van der Waals surface area contributed by atoms with Crippen molar-refractivity contribution >= 4 is 0 Å². The van der Waals surface area contributed by atoms with Crippen LogP contribution >= 0.6 is 0 Å². The van der Waals surface area contributed by atoms with Crippen molar-refractivity contribution in [2.75, 3.05) is 0 Å². The molecule has 30 heavy (non-hydrogen) atoms. The van der Waals surface area contributed by atoms with Gasteiger partial charge in [0, 0.05) is 11.8 Å². The maximum Gasteiger partial charge on any atom is 0.115 e. The minimum absolute atomic E-state index is 0.000114. The molecule has 0 amide bonds. The fraction of sp³-hybridized carbons (Fsp3) is 0.481. The van der Waals surface area contributed by atoms with Crippen LogP contribution in [0.3, 0.4) is 0 Å². The molecule has 2 saturated carbocycles. The van der Waals surface area contributed by atoms with Gasteiger partial charge in [0.2, 0.25) is 0 Å². The van der Waals surface area contributed by atoms with Crippen LogP contribution in [0.4, 0.5) is 4.39 Å². The quantitative estimate of drug-likeness (QED) is 0.623. The van der Waals surface area contributed by atoms with Crippen molar-refractivity contribution in [3.8, 4) is 5.75 Å². The van der Waals surface area contributed by atoms with Gasteiger partial charge in [-0.2, -0.15) is 0 Å². The van der Waals surface area contributed by atoms with E-state index in [1.807, 2.05) is 25.1 Å². The van der Waals surface area contributed by atoms with Crippen LogP contribution in [0, 0.1) is 23.2 Å². The number of aliphatic hydroxyl groups excluding tert-OH is 1. The van der Waals surface area contributed by atoms with Crippen LogP contribution in [-0.2, 0) is 6.42 Å². The molecule has 2 aromatic rings. The molecule has 2 N–H and O–H groups in total. The van der Waals surface area contributed by atoms with Gasteiger partial charge in [-0.05, 0) is 78.2 Å². The average molecular weight is 407 g/mol. The van der Waals surface area contributed by atoms with Gasteiger partial charge in [0.05, 0.1) is 6.10 Å². The number of phenols is 1. The zero-order valence-corrected chi connectivity index (χ0v) is 17.8. The van der Waals surface area contributed by atoms with Crippen molar-refractivity contribution in [3.05, 3.63) is 77.4 Å². The predicted molar refractivity (Wildman–Crippen MR) is 117 cm³/mol. The molecular formula is C27H31FO2. The summed E-state index contributed by atoms with van der Waals surface area (Å²) in [6.07, 6.45) is 0.487. The summed E-state index contributed by atoms with van der Waals surface area (Å²) in [6.45, 7) is 8.43. The van der Waals surface area contributed by atoms with Gasteiger partial charge >= 0.3 is 0 Å². The van der Waals surface area contributed by atoms with Gasteiger partial charge in [-0.1, -0.05) is 55.5 Å². The molecule has 3 heteroatoms. The molecule has 0 spiro atoms. The lowest BCUT2D eigenvalue weighted by Crippen LogP contribution is -2.50. The molecule has 3 aliphatic rings. The fourth-order valence-electron chi connectivity index (χ4n) is 7.42. The zero-order chi connectivity index (χ0) is 21.2. The average Bonchev–Trinajstić information content (AvgIpc) is 2.97. The molecule has 2 nitrogen and oxygen atoms in total. The van der Waals surface area contributed by atoms with Crippen LogP contribution < -0.4 is 0 Å². The van der Waals surface area contributed by atoms with E-state index in [1.165, 1.54) is 5.56 Å². The monoisotopic (exact) mass is 406 g/mol. The van der Waals surface area contributed by atoms with Gasteiger partial charge in [-0.3, -0.25) is 0 Å². The molecule has 5 rings (SSSR count). The number of benzene rings is 2. The molecular weight excluding hydrogens is 375 g/mol. The summed E-state index contributed by atoms with van der Waals surface area (Å²) in [4.78, 5) is 0. The number of aliphatic hydroxyl groups is 1. The Morgan fingerprint density at radius 3 is 2.57 bits per heavy atom. The summed E-state index contributed by atoms with van der Waals surface area (Å²) < 4.78 is 16.0. The van der Waals surface area contributed by atoms with Gasteiger partial charge in [0.15, 0.2) is 0 Å². The summed E-state index contributed by atoms with van der Waals surface area (Å²) in [5, 5.41) is 21.1. The molecule has 0 aliphatic heterocycles. The minimum Gasteiger partial charge on any atom is -0.508 e. The maximum absolute atomic E-state index is 16.0. The Balaban J connectivity index is 1.72. The molecule has 2 aromatic carbocycles. The maximum atomic E-state index is 16.0. The van der Waals surface area contributed by atoms with Crippen LogP contribution in [0.5, 0.6) is 5.75 Å². The Morgan fingerprint density at radius 1 is 1.13 bits per heavy atom. The number of phenolic OH excluding ortho intramolecular Hbond substituents is 1. The van der Waals surface area contributed by atoms with E-state index in [0.29, 0.717) is 12.8 Å². The van der Waals surface area contributed by atoms with Crippen LogP contribution in [0.15, 0.2) is 60.7 Å². The van der Waals surface area contributed by atoms with Crippen molar-refractivity contribution < 1.29 is 14.6 Å². The number of hydrogen-bond donors (Lipinski definition) is 2. The lowest BCUT2D eigenvalue weighted by Gasteiger charge is -2.55. The highest BCUT2D eigenvalue weighted by molar-refractivity contribution is 5.44. The van der Waals surface area contributed by atoms with Gasteiger partial charge in [-0.15, -0.1) is 0 Å². The van der Waals surface area contributed by atoms with Crippen LogP contribution in [0.25, 0.3) is 0 Å². The Hall–Kier alpha value is -2.13. The number of rotatable bonds is 2. The third-order valence-electron chi connectivity index (χ3n) is 8.35. The first-order chi connectivity index (χ1) is 14.3. The summed E-state index contributed by atoms with van der Waals surface area (Å²) in [6, 6.07) is 15.9. The van der Waals surface area contributed by atoms with E-state index in [2.05, 4.69) is 37.8 Å². The second-order valence-electron chi connectivity index (χ2n) is 10.3. The lowest BCUT2D eigenvalue weighted by atomic mass is 9.50. The van der Waals surface area contributed by atoms with Crippen molar-refractivity contribution in [2.45, 2.75) is 57.2 Å². The molecule has 0 unspecified atom stereocenters. The number of hydrogen-bond acceptors (Lipinski definition) is 2. The third-order valence-corrected chi connectivity index (χ3v) is 8.35. The normalized spacial score (nSPS) is 39.7. The molecule has 0 aromatic heterocycles. The molecule has 8 atom stereocenters. The first kappa shape index (κ1) is 19.8. The molecule has 158 valence electrons. The zero-order valence-electron chi connectivity index (χ0n) is 17.8. The first-order valence-corrected chi connectivity index (χ1v) is 11.1. The summed E-state index contributed by atoms with van der Waals surface area (Å²) in [5.74, 6) is 0.461. The van der Waals surface area contributed by atoms with Crippen LogP contribution in [0.1, 0.15) is 55.2 Å². The predicted octanol–water partition coefficient (Wildman–Crippen LogP) is 5.75. The van der Waals surface area contributed by atoms with E-state index in [-0.39, 0.29) is 40.8 Å². The van der Waals surface area contributed by atoms with E-state index in [4.69, 9.17) is 0 Å². The second-order valence-corrected chi connectivity index (χ2v) is 10.3. The number of halogens is 1. The van der Waals surface area contributed by atoms with Crippen LogP contribution in [-0.4, -0.2) is 22.5 Å².